The Kier molecular flexibility index (Phi) is 5.08. The molecule has 6 nitrogen and oxygen atoms in total. The van der Waals surface area contributed by atoms with Crippen LogP contribution in [-0.2, 0) is 17.7 Å². The van der Waals surface area contributed by atoms with Crippen molar-refractivity contribution in [2.24, 2.45) is 0 Å². The van der Waals surface area contributed by atoms with Crippen LogP contribution < -0.4 is 5.56 Å². The van der Waals surface area contributed by atoms with Crippen LogP contribution in [0.25, 0.3) is 10.2 Å². The van der Waals surface area contributed by atoms with Crippen molar-refractivity contribution in [2.75, 3.05) is 13.7 Å². The van der Waals surface area contributed by atoms with Crippen molar-refractivity contribution < 1.29 is 14.6 Å². The molecular weight excluding hydrogens is 292 g/mol. The first-order valence-corrected chi connectivity index (χ1v) is 7.71. The summed E-state index contributed by atoms with van der Waals surface area (Å²) in [6, 6.07) is 0. The van der Waals surface area contributed by atoms with Crippen LogP contribution in [0.4, 0.5) is 0 Å². The smallest absolute Gasteiger partial charge is 0.337 e. The van der Waals surface area contributed by atoms with E-state index in [1.54, 1.807) is 11.7 Å². The van der Waals surface area contributed by atoms with Crippen molar-refractivity contribution in [2.45, 2.75) is 32.7 Å². The van der Waals surface area contributed by atoms with Crippen molar-refractivity contribution in [3.05, 3.63) is 27.1 Å². The number of hydrogen-bond donors (Lipinski definition) is 1. The van der Waals surface area contributed by atoms with E-state index in [0.717, 1.165) is 12.8 Å². The van der Waals surface area contributed by atoms with Gasteiger partial charge in [0.1, 0.15) is 10.7 Å². The van der Waals surface area contributed by atoms with Crippen molar-refractivity contribution >= 4 is 27.5 Å². The number of ether oxygens (including phenoxy) is 1. The fourth-order valence-corrected chi connectivity index (χ4v) is 3.08. The van der Waals surface area contributed by atoms with E-state index in [2.05, 4.69) is 4.98 Å². The number of aromatic nitrogens is 2. The van der Waals surface area contributed by atoms with E-state index in [1.807, 2.05) is 6.92 Å². The first-order valence-electron chi connectivity index (χ1n) is 6.83. The number of aromatic carboxylic acids is 1. The summed E-state index contributed by atoms with van der Waals surface area (Å²) in [6.45, 7) is 3.06. The number of carbonyl (C=O) groups is 1. The van der Waals surface area contributed by atoms with Crippen LogP contribution in [0.1, 0.15) is 35.9 Å². The highest BCUT2D eigenvalue weighted by Gasteiger charge is 2.19. The maximum atomic E-state index is 12.6. The average Bonchev–Trinajstić information content (AvgIpc) is 2.88. The van der Waals surface area contributed by atoms with Gasteiger partial charge in [-0.1, -0.05) is 13.3 Å². The molecule has 2 heterocycles. The Morgan fingerprint density at radius 3 is 2.90 bits per heavy atom. The molecule has 0 bridgehead atoms. The Hall–Kier alpha value is -1.73. The van der Waals surface area contributed by atoms with Gasteiger partial charge in [-0.05, 0) is 6.42 Å². The zero-order chi connectivity index (χ0) is 15.4. The van der Waals surface area contributed by atoms with E-state index in [0.29, 0.717) is 30.2 Å². The first-order chi connectivity index (χ1) is 10.1. The van der Waals surface area contributed by atoms with Gasteiger partial charge in [-0.3, -0.25) is 9.36 Å². The maximum Gasteiger partial charge on any atom is 0.337 e. The third-order valence-corrected chi connectivity index (χ3v) is 4.14. The standard InChI is InChI=1S/C14H18N2O4S/c1-3-4-6-16-10(5-7-20-2)15-12-11(13(16)17)9(8-21-12)14(18)19/h8H,3-7H2,1-2H3,(H,18,19). The summed E-state index contributed by atoms with van der Waals surface area (Å²) in [5.74, 6) is -0.437. The van der Waals surface area contributed by atoms with Gasteiger partial charge < -0.3 is 9.84 Å². The summed E-state index contributed by atoms with van der Waals surface area (Å²) in [4.78, 5) is 28.8. The topological polar surface area (TPSA) is 81.4 Å². The first kappa shape index (κ1) is 15.7. The van der Waals surface area contributed by atoms with Crippen LogP contribution in [0.15, 0.2) is 10.2 Å². The summed E-state index contributed by atoms with van der Waals surface area (Å²) < 4.78 is 6.64. The summed E-state index contributed by atoms with van der Waals surface area (Å²) in [5.41, 5.74) is -0.228. The van der Waals surface area contributed by atoms with Crippen LogP contribution in [0.3, 0.4) is 0 Å². The van der Waals surface area contributed by atoms with Gasteiger partial charge in [0.2, 0.25) is 0 Å². The third-order valence-electron chi connectivity index (χ3n) is 3.27. The molecule has 21 heavy (non-hydrogen) atoms. The van der Waals surface area contributed by atoms with Gasteiger partial charge in [-0.25, -0.2) is 9.78 Å². The lowest BCUT2D eigenvalue weighted by molar-refractivity contribution is 0.0699. The summed E-state index contributed by atoms with van der Waals surface area (Å²) in [5, 5.41) is 10.9. The molecule has 0 atom stereocenters. The maximum absolute atomic E-state index is 12.6. The van der Waals surface area contributed by atoms with Gasteiger partial charge in [-0.15, -0.1) is 11.3 Å². The fraction of sp³-hybridized carbons (Fsp3) is 0.500. The number of thiophene rings is 1. The van der Waals surface area contributed by atoms with Crippen molar-refractivity contribution in [1.82, 2.24) is 9.55 Å². The van der Waals surface area contributed by atoms with Gasteiger partial charge in [0.05, 0.1) is 17.6 Å². The summed E-state index contributed by atoms with van der Waals surface area (Å²) >= 11 is 1.19. The van der Waals surface area contributed by atoms with E-state index >= 15 is 0 Å². The molecule has 1 N–H and O–H groups in total. The normalized spacial score (nSPS) is 11.1. The molecule has 7 heteroatoms. The molecular formula is C14H18N2O4S. The monoisotopic (exact) mass is 310 g/mol. The molecule has 0 saturated carbocycles. The van der Waals surface area contributed by atoms with Gasteiger partial charge in [-0.2, -0.15) is 0 Å². The molecule has 0 aliphatic carbocycles. The van der Waals surface area contributed by atoms with Crippen LogP contribution >= 0.6 is 11.3 Å². The Morgan fingerprint density at radius 2 is 2.29 bits per heavy atom. The Balaban J connectivity index is 2.61. The molecule has 2 aromatic rings. The highest BCUT2D eigenvalue weighted by atomic mass is 32.1. The predicted octanol–water partition coefficient (Wildman–Crippen LogP) is 2.15. The lowest BCUT2D eigenvalue weighted by Crippen LogP contribution is -2.26. The molecule has 114 valence electrons. The van der Waals surface area contributed by atoms with Gasteiger partial charge in [0, 0.05) is 25.5 Å². The Bertz CT molecular complexity index is 705. The number of nitrogens with zero attached hydrogens (tertiary/aromatic N) is 2. The molecule has 0 amide bonds. The van der Waals surface area contributed by atoms with E-state index in [-0.39, 0.29) is 16.5 Å². The number of unbranched alkanes of at least 4 members (excludes halogenated alkanes) is 1. The molecule has 0 radical (unpaired) electrons. The SMILES string of the molecule is CCCCn1c(CCOC)nc2scc(C(=O)O)c2c1=O. The summed E-state index contributed by atoms with van der Waals surface area (Å²) in [7, 11) is 1.60. The van der Waals surface area contributed by atoms with Gasteiger partial charge >= 0.3 is 5.97 Å². The highest BCUT2D eigenvalue weighted by Crippen LogP contribution is 2.22. The molecule has 0 unspecified atom stereocenters. The fourth-order valence-electron chi connectivity index (χ4n) is 2.15. The molecule has 0 saturated heterocycles. The minimum Gasteiger partial charge on any atom is -0.478 e. The molecule has 2 aromatic heterocycles. The predicted molar refractivity (Wildman–Crippen MR) is 81.3 cm³/mol. The number of rotatable bonds is 7. The number of carboxylic acid groups (broad SMARTS) is 1. The minimum atomic E-state index is -1.09. The molecule has 0 aromatic carbocycles. The van der Waals surface area contributed by atoms with Crippen LogP contribution in [0.5, 0.6) is 0 Å². The van der Waals surface area contributed by atoms with Crippen molar-refractivity contribution in [3.8, 4) is 0 Å². The number of fused-ring (bicyclic) bond motifs is 1. The van der Waals surface area contributed by atoms with Crippen LogP contribution in [0, 0.1) is 0 Å². The largest absolute Gasteiger partial charge is 0.478 e. The number of hydrogen-bond acceptors (Lipinski definition) is 5. The van der Waals surface area contributed by atoms with E-state index in [4.69, 9.17) is 4.74 Å². The minimum absolute atomic E-state index is 0.0380. The third kappa shape index (κ3) is 3.14. The highest BCUT2D eigenvalue weighted by molar-refractivity contribution is 7.17. The summed E-state index contributed by atoms with van der Waals surface area (Å²) in [6.07, 6.45) is 2.33. The number of carboxylic acids is 1. The average molecular weight is 310 g/mol. The van der Waals surface area contributed by atoms with E-state index < -0.39 is 5.97 Å². The Labute approximate surface area is 126 Å². The molecule has 0 fully saturated rings. The van der Waals surface area contributed by atoms with Crippen LogP contribution in [0.2, 0.25) is 0 Å². The lowest BCUT2D eigenvalue weighted by Gasteiger charge is -2.11. The molecule has 0 aliphatic rings. The Morgan fingerprint density at radius 1 is 1.52 bits per heavy atom. The van der Waals surface area contributed by atoms with Gasteiger partial charge in [0.15, 0.2) is 0 Å². The van der Waals surface area contributed by atoms with E-state index in [1.165, 1.54) is 16.7 Å². The van der Waals surface area contributed by atoms with Crippen LogP contribution in [-0.4, -0.2) is 34.3 Å². The zero-order valence-electron chi connectivity index (χ0n) is 12.1. The van der Waals surface area contributed by atoms with Gasteiger partial charge in [0.25, 0.3) is 5.56 Å². The second-order valence-corrected chi connectivity index (χ2v) is 5.57. The lowest BCUT2D eigenvalue weighted by atomic mass is 10.2. The molecule has 0 spiro atoms. The quantitative estimate of drug-likeness (QED) is 0.847. The second-order valence-electron chi connectivity index (χ2n) is 4.72. The molecule has 2 rings (SSSR count). The number of methoxy groups -OCH3 is 1. The zero-order valence-corrected chi connectivity index (χ0v) is 12.9. The van der Waals surface area contributed by atoms with E-state index in [9.17, 15) is 14.7 Å². The molecule has 0 aliphatic heterocycles. The van der Waals surface area contributed by atoms with Crippen molar-refractivity contribution in [3.63, 3.8) is 0 Å². The second kappa shape index (κ2) is 6.82. The van der Waals surface area contributed by atoms with Crippen molar-refractivity contribution in [1.29, 1.82) is 0 Å².